The van der Waals surface area contributed by atoms with E-state index in [1.807, 2.05) is 0 Å². The number of nitrogens with zero attached hydrogens (tertiary/aromatic N) is 2. The average molecular weight is 432 g/mol. The van der Waals surface area contributed by atoms with Crippen LogP contribution in [0.1, 0.15) is 17.5 Å². The Hall–Kier alpha value is -2.28. The van der Waals surface area contributed by atoms with E-state index in [9.17, 15) is 4.79 Å². The molecule has 162 valence electrons. The van der Waals surface area contributed by atoms with Gasteiger partial charge in [0.2, 0.25) is 5.91 Å². The summed E-state index contributed by atoms with van der Waals surface area (Å²) in [6, 6.07) is 11.9. The summed E-state index contributed by atoms with van der Waals surface area (Å²) in [6.45, 7) is 7.19. The van der Waals surface area contributed by atoms with Gasteiger partial charge in [-0.1, -0.05) is 35.9 Å². The summed E-state index contributed by atoms with van der Waals surface area (Å²) in [4.78, 5) is 17.3. The molecule has 0 radical (unpaired) electrons. The number of hydrogen-bond acceptors (Lipinski definition) is 5. The fourth-order valence-electron chi connectivity index (χ4n) is 3.72. The number of ether oxygens (including phenoxy) is 2. The van der Waals surface area contributed by atoms with Crippen molar-refractivity contribution in [3.8, 4) is 11.5 Å². The first-order chi connectivity index (χ1) is 14.5. The van der Waals surface area contributed by atoms with Crippen molar-refractivity contribution in [2.24, 2.45) is 0 Å². The van der Waals surface area contributed by atoms with E-state index >= 15 is 0 Å². The van der Waals surface area contributed by atoms with Gasteiger partial charge in [0.25, 0.3) is 0 Å². The molecule has 0 unspecified atom stereocenters. The van der Waals surface area contributed by atoms with Gasteiger partial charge in [-0.15, -0.1) is 0 Å². The van der Waals surface area contributed by atoms with Crippen molar-refractivity contribution in [1.29, 1.82) is 0 Å². The van der Waals surface area contributed by atoms with Gasteiger partial charge in [0.1, 0.15) is 11.5 Å². The zero-order chi connectivity index (χ0) is 21.5. The van der Waals surface area contributed by atoms with Crippen LogP contribution in [0.25, 0.3) is 0 Å². The summed E-state index contributed by atoms with van der Waals surface area (Å²) in [5.41, 5.74) is 3.25. The van der Waals surface area contributed by atoms with Gasteiger partial charge in [-0.05, 0) is 37.6 Å². The minimum atomic E-state index is -0.0787. The van der Waals surface area contributed by atoms with Gasteiger partial charge in [-0.3, -0.25) is 14.6 Å². The molecule has 30 heavy (non-hydrogen) atoms. The van der Waals surface area contributed by atoms with Crippen LogP contribution in [0.4, 0.5) is 5.69 Å². The molecule has 2 aromatic carbocycles. The molecule has 1 aliphatic heterocycles. The summed E-state index contributed by atoms with van der Waals surface area (Å²) in [5, 5.41) is 3.37. The van der Waals surface area contributed by atoms with Crippen molar-refractivity contribution in [1.82, 2.24) is 9.80 Å². The lowest BCUT2D eigenvalue weighted by Gasteiger charge is -2.22. The maximum atomic E-state index is 12.7. The van der Waals surface area contributed by atoms with Gasteiger partial charge in [0.05, 0.1) is 31.5 Å². The minimum absolute atomic E-state index is 0.0787. The number of amides is 1. The zero-order valence-corrected chi connectivity index (χ0v) is 18.7. The van der Waals surface area contributed by atoms with Crippen molar-refractivity contribution in [3.63, 3.8) is 0 Å². The van der Waals surface area contributed by atoms with Gasteiger partial charge < -0.3 is 14.8 Å². The lowest BCUT2D eigenvalue weighted by molar-refractivity contribution is -0.117. The molecule has 1 amide bonds. The number of carbonyl (C=O) groups excluding carboxylic acids is 1. The fourth-order valence-corrected chi connectivity index (χ4v) is 3.95. The largest absolute Gasteiger partial charge is 0.495 e. The number of carbonyl (C=O) groups is 1. The molecule has 0 spiro atoms. The molecule has 1 heterocycles. The van der Waals surface area contributed by atoms with E-state index < -0.39 is 0 Å². The molecule has 7 heteroatoms. The number of benzene rings is 2. The summed E-state index contributed by atoms with van der Waals surface area (Å²) in [6.07, 6.45) is 1.04. The summed E-state index contributed by atoms with van der Waals surface area (Å²) in [7, 11) is 3.09. The number of hydrogen-bond donors (Lipinski definition) is 1. The van der Waals surface area contributed by atoms with E-state index in [1.165, 1.54) is 11.1 Å². The number of halogens is 1. The maximum absolute atomic E-state index is 12.7. The normalized spacial score (nSPS) is 15.5. The Morgan fingerprint density at radius 3 is 2.47 bits per heavy atom. The number of rotatable bonds is 7. The Morgan fingerprint density at radius 1 is 1.03 bits per heavy atom. The van der Waals surface area contributed by atoms with Crippen LogP contribution in [0.2, 0.25) is 5.02 Å². The molecule has 0 aliphatic carbocycles. The second-order valence-corrected chi connectivity index (χ2v) is 7.97. The predicted octanol–water partition coefficient (Wildman–Crippen LogP) is 3.81. The van der Waals surface area contributed by atoms with Crippen molar-refractivity contribution < 1.29 is 14.3 Å². The van der Waals surface area contributed by atoms with E-state index in [4.69, 9.17) is 21.1 Å². The Balaban J connectivity index is 1.56. The third kappa shape index (κ3) is 5.88. The molecular formula is C23H30ClN3O3. The smallest absolute Gasteiger partial charge is 0.238 e. The summed E-state index contributed by atoms with van der Waals surface area (Å²) >= 11 is 6.14. The number of aryl methyl sites for hydroxylation is 1. The molecule has 1 aliphatic rings. The van der Waals surface area contributed by atoms with Gasteiger partial charge in [-0.25, -0.2) is 0 Å². The molecule has 6 nitrogen and oxygen atoms in total. The monoisotopic (exact) mass is 431 g/mol. The first-order valence-corrected chi connectivity index (χ1v) is 10.6. The lowest BCUT2D eigenvalue weighted by atomic mass is 10.1. The average Bonchev–Trinajstić information content (AvgIpc) is 2.95. The third-order valence-electron chi connectivity index (χ3n) is 5.45. The number of nitrogens with one attached hydrogen (secondary N) is 1. The quantitative estimate of drug-likeness (QED) is 0.722. The molecule has 1 saturated heterocycles. The summed E-state index contributed by atoms with van der Waals surface area (Å²) in [5.74, 6) is 0.925. The molecule has 0 aromatic heterocycles. The van der Waals surface area contributed by atoms with Crippen molar-refractivity contribution in [3.05, 3.63) is 52.5 Å². The predicted molar refractivity (Wildman–Crippen MR) is 121 cm³/mol. The standard InChI is InChI=1S/C23H30ClN3O3/c1-17-7-4-5-8-18(17)15-26-9-6-10-27(12-11-26)16-23(28)25-20-14-21(29-2)19(24)13-22(20)30-3/h4-5,7-8,13-14H,6,9-12,15-16H2,1-3H3,(H,25,28). The SMILES string of the molecule is COc1cc(NC(=O)CN2CCCN(Cc3ccccc3C)CC2)c(OC)cc1Cl. The first-order valence-electron chi connectivity index (χ1n) is 10.2. The van der Waals surface area contributed by atoms with E-state index in [0.29, 0.717) is 28.8 Å². The molecule has 1 fully saturated rings. The molecule has 3 rings (SSSR count). The second kappa shape index (κ2) is 10.7. The Kier molecular flexibility index (Phi) is 7.96. The van der Waals surface area contributed by atoms with Crippen LogP contribution >= 0.6 is 11.6 Å². The Labute approximate surface area is 183 Å². The van der Waals surface area contributed by atoms with E-state index in [1.54, 1.807) is 26.4 Å². The van der Waals surface area contributed by atoms with Crippen LogP contribution < -0.4 is 14.8 Å². The highest BCUT2D eigenvalue weighted by atomic mass is 35.5. The van der Waals surface area contributed by atoms with Gasteiger partial charge in [0, 0.05) is 31.8 Å². The highest BCUT2D eigenvalue weighted by Crippen LogP contribution is 2.35. The molecular weight excluding hydrogens is 402 g/mol. The molecule has 2 aromatic rings. The number of methoxy groups -OCH3 is 2. The van der Waals surface area contributed by atoms with Crippen LogP contribution in [-0.2, 0) is 11.3 Å². The van der Waals surface area contributed by atoms with E-state index in [2.05, 4.69) is 46.3 Å². The van der Waals surface area contributed by atoms with Crippen molar-refractivity contribution >= 4 is 23.2 Å². The van der Waals surface area contributed by atoms with Crippen LogP contribution in [0.15, 0.2) is 36.4 Å². The molecule has 1 N–H and O–H groups in total. The summed E-state index contributed by atoms with van der Waals surface area (Å²) < 4.78 is 10.6. The van der Waals surface area contributed by atoms with Gasteiger partial charge in [0.15, 0.2) is 0 Å². The van der Waals surface area contributed by atoms with E-state index in [0.717, 1.165) is 39.1 Å². The van der Waals surface area contributed by atoms with E-state index in [-0.39, 0.29) is 5.91 Å². The van der Waals surface area contributed by atoms with Crippen LogP contribution in [-0.4, -0.2) is 62.7 Å². The van der Waals surface area contributed by atoms with Crippen molar-refractivity contribution in [2.75, 3.05) is 52.3 Å². The Morgan fingerprint density at radius 2 is 1.73 bits per heavy atom. The zero-order valence-electron chi connectivity index (χ0n) is 17.9. The van der Waals surface area contributed by atoms with Crippen molar-refractivity contribution in [2.45, 2.75) is 19.9 Å². The fraction of sp³-hybridized carbons (Fsp3) is 0.435. The Bertz CT molecular complexity index is 875. The number of anilines is 1. The second-order valence-electron chi connectivity index (χ2n) is 7.57. The minimum Gasteiger partial charge on any atom is -0.495 e. The molecule has 0 atom stereocenters. The third-order valence-corrected chi connectivity index (χ3v) is 5.75. The van der Waals surface area contributed by atoms with Crippen LogP contribution in [0.3, 0.4) is 0 Å². The highest BCUT2D eigenvalue weighted by molar-refractivity contribution is 6.32. The first kappa shape index (κ1) is 22.4. The van der Waals surface area contributed by atoms with Crippen LogP contribution in [0.5, 0.6) is 11.5 Å². The maximum Gasteiger partial charge on any atom is 0.238 e. The van der Waals surface area contributed by atoms with Gasteiger partial charge in [-0.2, -0.15) is 0 Å². The van der Waals surface area contributed by atoms with Crippen LogP contribution in [0, 0.1) is 6.92 Å². The topological polar surface area (TPSA) is 54.0 Å². The lowest BCUT2D eigenvalue weighted by Crippen LogP contribution is -2.36. The highest BCUT2D eigenvalue weighted by Gasteiger charge is 2.19. The molecule has 0 saturated carbocycles. The van der Waals surface area contributed by atoms with Gasteiger partial charge >= 0.3 is 0 Å². The molecule has 0 bridgehead atoms.